The van der Waals surface area contributed by atoms with E-state index in [0.29, 0.717) is 25.3 Å². The summed E-state index contributed by atoms with van der Waals surface area (Å²) in [5.74, 6) is 0.517. The molecule has 1 atom stereocenters. The first-order chi connectivity index (χ1) is 10.7. The number of carbonyl (C=O) groups is 2. The van der Waals surface area contributed by atoms with Crippen LogP contribution in [0.4, 0.5) is 5.69 Å². The average molecular weight is 316 g/mol. The molecule has 2 rings (SSSR count). The standard InChI is InChI=1S/C19H28N2O2/c1-13(2)7-9-20-18(23)19(5)8-6-17(22)21(19)16-11-14(3)10-15(4)12-16/h10-13H,6-9H2,1-5H3,(H,20,23). The van der Waals surface area contributed by atoms with Crippen molar-refractivity contribution < 1.29 is 9.59 Å². The van der Waals surface area contributed by atoms with Gasteiger partial charge in [-0.05, 0) is 62.8 Å². The predicted octanol–water partition coefficient (Wildman–Crippen LogP) is 3.35. The molecule has 1 aromatic rings. The van der Waals surface area contributed by atoms with Crippen molar-refractivity contribution in [2.24, 2.45) is 5.92 Å². The van der Waals surface area contributed by atoms with E-state index in [-0.39, 0.29) is 11.8 Å². The zero-order valence-electron chi connectivity index (χ0n) is 14.9. The van der Waals surface area contributed by atoms with Crippen molar-refractivity contribution in [2.45, 2.75) is 59.4 Å². The van der Waals surface area contributed by atoms with E-state index in [1.165, 1.54) is 0 Å². The van der Waals surface area contributed by atoms with Crippen molar-refractivity contribution in [3.63, 3.8) is 0 Å². The summed E-state index contributed by atoms with van der Waals surface area (Å²) in [7, 11) is 0. The van der Waals surface area contributed by atoms with Crippen LogP contribution >= 0.6 is 0 Å². The van der Waals surface area contributed by atoms with E-state index in [9.17, 15) is 9.59 Å². The monoisotopic (exact) mass is 316 g/mol. The minimum atomic E-state index is -0.797. The Morgan fingerprint density at radius 3 is 2.43 bits per heavy atom. The number of hydrogen-bond acceptors (Lipinski definition) is 2. The molecule has 1 aliphatic rings. The van der Waals surface area contributed by atoms with Crippen LogP contribution in [0, 0.1) is 19.8 Å². The molecular weight excluding hydrogens is 288 g/mol. The Hall–Kier alpha value is -1.84. The molecule has 0 saturated carbocycles. The molecule has 1 heterocycles. The lowest BCUT2D eigenvalue weighted by Crippen LogP contribution is -2.55. The first kappa shape index (κ1) is 17.5. The van der Waals surface area contributed by atoms with E-state index in [4.69, 9.17) is 0 Å². The highest BCUT2D eigenvalue weighted by atomic mass is 16.2. The molecular formula is C19H28N2O2. The largest absolute Gasteiger partial charge is 0.354 e. The maximum Gasteiger partial charge on any atom is 0.246 e. The number of aryl methyl sites for hydroxylation is 2. The quantitative estimate of drug-likeness (QED) is 0.905. The van der Waals surface area contributed by atoms with Gasteiger partial charge in [-0.1, -0.05) is 19.9 Å². The normalized spacial score (nSPS) is 21.1. The molecule has 1 aliphatic heterocycles. The van der Waals surface area contributed by atoms with Gasteiger partial charge in [0.2, 0.25) is 11.8 Å². The van der Waals surface area contributed by atoms with Gasteiger partial charge in [0.1, 0.15) is 5.54 Å². The number of carbonyl (C=O) groups excluding carboxylic acids is 2. The van der Waals surface area contributed by atoms with Crippen LogP contribution in [-0.4, -0.2) is 23.9 Å². The number of amides is 2. The highest BCUT2D eigenvalue weighted by Gasteiger charge is 2.48. The summed E-state index contributed by atoms with van der Waals surface area (Å²) < 4.78 is 0. The zero-order chi connectivity index (χ0) is 17.2. The Morgan fingerprint density at radius 1 is 1.26 bits per heavy atom. The summed E-state index contributed by atoms with van der Waals surface area (Å²) in [4.78, 5) is 26.9. The molecule has 4 nitrogen and oxygen atoms in total. The maximum absolute atomic E-state index is 12.7. The molecule has 0 radical (unpaired) electrons. The van der Waals surface area contributed by atoms with E-state index < -0.39 is 5.54 Å². The first-order valence-corrected chi connectivity index (χ1v) is 8.43. The summed E-state index contributed by atoms with van der Waals surface area (Å²) in [5, 5.41) is 3.01. The molecule has 1 N–H and O–H groups in total. The van der Waals surface area contributed by atoms with Gasteiger partial charge in [0, 0.05) is 18.7 Å². The highest BCUT2D eigenvalue weighted by Crippen LogP contribution is 2.36. The molecule has 0 bridgehead atoms. The minimum Gasteiger partial charge on any atom is -0.354 e. The molecule has 0 aromatic heterocycles. The van der Waals surface area contributed by atoms with Crippen molar-refractivity contribution in [1.82, 2.24) is 5.32 Å². The summed E-state index contributed by atoms with van der Waals surface area (Å²) >= 11 is 0. The third-order valence-corrected chi connectivity index (χ3v) is 4.53. The maximum atomic E-state index is 12.7. The second-order valence-corrected chi connectivity index (χ2v) is 7.29. The summed E-state index contributed by atoms with van der Waals surface area (Å²) in [5.41, 5.74) is 2.23. The Labute approximate surface area is 139 Å². The number of nitrogens with one attached hydrogen (secondary N) is 1. The third-order valence-electron chi connectivity index (χ3n) is 4.53. The van der Waals surface area contributed by atoms with Gasteiger partial charge in [-0.3, -0.25) is 14.5 Å². The summed E-state index contributed by atoms with van der Waals surface area (Å²) in [6.07, 6.45) is 1.92. The summed E-state index contributed by atoms with van der Waals surface area (Å²) in [6.45, 7) is 10.8. The average Bonchev–Trinajstić information content (AvgIpc) is 2.74. The summed E-state index contributed by atoms with van der Waals surface area (Å²) in [6, 6.07) is 6.04. The van der Waals surface area contributed by atoms with Crippen molar-refractivity contribution in [3.05, 3.63) is 29.3 Å². The Balaban J connectivity index is 2.25. The Kier molecular flexibility index (Phi) is 5.12. The lowest BCUT2D eigenvalue weighted by atomic mass is 9.96. The number of hydrogen-bond donors (Lipinski definition) is 1. The van der Waals surface area contributed by atoms with E-state index in [0.717, 1.165) is 23.2 Å². The number of rotatable bonds is 5. The van der Waals surface area contributed by atoms with Gasteiger partial charge in [-0.2, -0.15) is 0 Å². The van der Waals surface area contributed by atoms with Gasteiger partial charge < -0.3 is 5.32 Å². The molecule has 23 heavy (non-hydrogen) atoms. The van der Waals surface area contributed by atoms with Crippen LogP contribution in [-0.2, 0) is 9.59 Å². The smallest absolute Gasteiger partial charge is 0.246 e. The van der Waals surface area contributed by atoms with Crippen LogP contribution < -0.4 is 10.2 Å². The van der Waals surface area contributed by atoms with Crippen LogP contribution in [0.25, 0.3) is 0 Å². The van der Waals surface area contributed by atoms with Gasteiger partial charge in [0.25, 0.3) is 0 Å². The Bertz CT molecular complexity index is 589. The van der Waals surface area contributed by atoms with Crippen LogP contribution in [0.2, 0.25) is 0 Å². The van der Waals surface area contributed by atoms with Crippen molar-refractivity contribution in [2.75, 3.05) is 11.4 Å². The van der Waals surface area contributed by atoms with E-state index in [1.807, 2.05) is 32.9 Å². The van der Waals surface area contributed by atoms with Gasteiger partial charge in [0.05, 0.1) is 0 Å². The van der Waals surface area contributed by atoms with E-state index in [1.54, 1.807) is 4.90 Å². The molecule has 4 heteroatoms. The van der Waals surface area contributed by atoms with Crippen molar-refractivity contribution in [3.8, 4) is 0 Å². The second kappa shape index (κ2) is 6.73. The van der Waals surface area contributed by atoms with Crippen LogP contribution in [0.15, 0.2) is 18.2 Å². The number of benzene rings is 1. The van der Waals surface area contributed by atoms with Gasteiger partial charge in [-0.15, -0.1) is 0 Å². The van der Waals surface area contributed by atoms with Crippen LogP contribution in [0.5, 0.6) is 0 Å². The van der Waals surface area contributed by atoms with Crippen molar-refractivity contribution >= 4 is 17.5 Å². The Morgan fingerprint density at radius 2 is 1.87 bits per heavy atom. The number of nitrogens with zero attached hydrogens (tertiary/aromatic N) is 1. The molecule has 0 spiro atoms. The van der Waals surface area contributed by atoms with Gasteiger partial charge >= 0.3 is 0 Å². The molecule has 2 amide bonds. The SMILES string of the molecule is Cc1cc(C)cc(N2C(=O)CCC2(C)C(=O)NCCC(C)C)c1. The minimum absolute atomic E-state index is 0.0245. The molecule has 1 fully saturated rings. The fourth-order valence-electron chi connectivity index (χ4n) is 3.24. The highest BCUT2D eigenvalue weighted by molar-refractivity contribution is 6.06. The topological polar surface area (TPSA) is 49.4 Å². The molecule has 0 aliphatic carbocycles. The van der Waals surface area contributed by atoms with Crippen LogP contribution in [0.3, 0.4) is 0 Å². The predicted molar refractivity (Wildman–Crippen MR) is 93.5 cm³/mol. The first-order valence-electron chi connectivity index (χ1n) is 8.43. The molecule has 1 saturated heterocycles. The lowest BCUT2D eigenvalue weighted by Gasteiger charge is -2.34. The second-order valence-electron chi connectivity index (χ2n) is 7.29. The fraction of sp³-hybridized carbons (Fsp3) is 0.579. The molecule has 126 valence electrons. The number of anilines is 1. The van der Waals surface area contributed by atoms with Gasteiger partial charge in [-0.25, -0.2) is 0 Å². The van der Waals surface area contributed by atoms with E-state index >= 15 is 0 Å². The van der Waals surface area contributed by atoms with Crippen LogP contribution in [0.1, 0.15) is 51.2 Å². The fourth-order valence-corrected chi connectivity index (χ4v) is 3.24. The lowest BCUT2D eigenvalue weighted by molar-refractivity contribution is -0.127. The van der Waals surface area contributed by atoms with E-state index in [2.05, 4.69) is 25.2 Å². The third kappa shape index (κ3) is 3.74. The molecule has 1 unspecified atom stereocenters. The van der Waals surface area contributed by atoms with Gasteiger partial charge in [0.15, 0.2) is 0 Å². The van der Waals surface area contributed by atoms with Crippen molar-refractivity contribution in [1.29, 1.82) is 0 Å². The molecule has 1 aromatic carbocycles. The zero-order valence-corrected chi connectivity index (χ0v) is 14.9.